The molecule has 21 heavy (non-hydrogen) atoms. The molecule has 0 saturated heterocycles. The minimum atomic E-state index is 0.0161. The van der Waals surface area contributed by atoms with Crippen LogP contribution >= 0.6 is 43.5 Å². The lowest BCUT2D eigenvalue weighted by Crippen LogP contribution is -2.26. The minimum Gasteiger partial charge on any atom is -0.305 e. The third-order valence-corrected chi connectivity index (χ3v) is 4.80. The molecule has 0 fully saturated rings. The van der Waals surface area contributed by atoms with Crippen LogP contribution in [0.3, 0.4) is 0 Å². The number of hydrogen-bond donors (Lipinski definition) is 1. The zero-order valence-corrected chi connectivity index (χ0v) is 16.1. The lowest BCUT2D eigenvalue weighted by Gasteiger charge is -2.23. The highest BCUT2D eigenvalue weighted by atomic mass is 79.9. The second-order valence-corrected chi connectivity index (χ2v) is 7.22. The fourth-order valence-corrected chi connectivity index (χ4v) is 3.48. The van der Waals surface area contributed by atoms with Gasteiger partial charge in [-0.1, -0.05) is 34.5 Å². The average Bonchev–Trinajstić information content (AvgIpc) is 2.81. The number of halogens is 3. The molecule has 0 radical (unpaired) electrons. The summed E-state index contributed by atoms with van der Waals surface area (Å²) in [5.41, 5.74) is 2.21. The normalized spacial score (nSPS) is 12.9. The standard InChI is InChI=1S/C15H18Br2ClN3/c1-4-19-14(11-7-10(18)5-6-12(11)16)15-13(17)8-20-21(15)9(2)3/h5-9,14,19H,4H2,1-3H3. The number of aromatic nitrogens is 2. The van der Waals surface area contributed by atoms with Crippen LogP contribution in [0, 0.1) is 0 Å². The summed E-state index contributed by atoms with van der Waals surface area (Å²) in [7, 11) is 0. The minimum absolute atomic E-state index is 0.0161. The molecule has 3 nitrogen and oxygen atoms in total. The maximum atomic E-state index is 6.18. The Morgan fingerprint density at radius 1 is 1.29 bits per heavy atom. The molecule has 1 atom stereocenters. The van der Waals surface area contributed by atoms with Gasteiger partial charge < -0.3 is 5.32 Å². The van der Waals surface area contributed by atoms with E-state index >= 15 is 0 Å². The van der Waals surface area contributed by atoms with Crippen LogP contribution in [0.25, 0.3) is 0 Å². The molecular weight excluding hydrogens is 417 g/mol. The highest BCUT2D eigenvalue weighted by molar-refractivity contribution is 9.10. The van der Waals surface area contributed by atoms with E-state index in [9.17, 15) is 0 Å². The SMILES string of the molecule is CCNC(c1cc(Cl)ccc1Br)c1c(Br)cnn1C(C)C. The van der Waals surface area contributed by atoms with Gasteiger partial charge in [-0.15, -0.1) is 0 Å². The zero-order chi connectivity index (χ0) is 15.6. The van der Waals surface area contributed by atoms with Crippen LogP contribution in [-0.2, 0) is 0 Å². The van der Waals surface area contributed by atoms with Gasteiger partial charge in [-0.3, -0.25) is 4.68 Å². The van der Waals surface area contributed by atoms with Crippen LogP contribution < -0.4 is 5.32 Å². The first-order valence-electron chi connectivity index (χ1n) is 6.87. The van der Waals surface area contributed by atoms with Crippen molar-refractivity contribution in [2.75, 3.05) is 6.54 Å². The smallest absolute Gasteiger partial charge is 0.0771 e. The van der Waals surface area contributed by atoms with Gasteiger partial charge in [0, 0.05) is 15.5 Å². The molecule has 114 valence electrons. The number of hydrogen-bond acceptors (Lipinski definition) is 2. The summed E-state index contributed by atoms with van der Waals surface area (Å²) in [4.78, 5) is 0. The van der Waals surface area contributed by atoms with E-state index in [0.717, 1.165) is 31.8 Å². The molecule has 1 heterocycles. The molecule has 1 aromatic heterocycles. The molecule has 1 aromatic carbocycles. The molecule has 6 heteroatoms. The molecule has 1 N–H and O–H groups in total. The van der Waals surface area contributed by atoms with E-state index in [1.165, 1.54) is 0 Å². The van der Waals surface area contributed by atoms with Crippen molar-refractivity contribution in [3.63, 3.8) is 0 Å². The third kappa shape index (κ3) is 3.70. The molecular formula is C15H18Br2ClN3. The van der Waals surface area contributed by atoms with Crippen molar-refractivity contribution < 1.29 is 0 Å². The summed E-state index contributed by atoms with van der Waals surface area (Å²) < 4.78 is 4.06. The van der Waals surface area contributed by atoms with Crippen LogP contribution in [0.2, 0.25) is 5.02 Å². The highest BCUT2D eigenvalue weighted by Crippen LogP contribution is 2.35. The molecule has 1 unspecified atom stereocenters. The van der Waals surface area contributed by atoms with Gasteiger partial charge in [-0.05, 0) is 60.1 Å². The Balaban J connectivity index is 2.59. The molecule has 0 aliphatic heterocycles. The molecule has 0 aliphatic carbocycles. The number of rotatable bonds is 5. The summed E-state index contributed by atoms with van der Waals surface area (Å²) in [6.07, 6.45) is 1.85. The summed E-state index contributed by atoms with van der Waals surface area (Å²) in [6, 6.07) is 6.15. The summed E-state index contributed by atoms with van der Waals surface area (Å²) in [6.45, 7) is 7.19. The Kier molecular flexibility index (Phi) is 5.88. The summed E-state index contributed by atoms with van der Waals surface area (Å²) >= 11 is 13.4. The first kappa shape index (κ1) is 17.0. The van der Waals surface area contributed by atoms with Gasteiger partial charge in [0.25, 0.3) is 0 Å². The van der Waals surface area contributed by atoms with E-state index in [4.69, 9.17) is 11.6 Å². The summed E-state index contributed by atoms with van der Waals surface area (Å²) in [5.74, 6) is 0. The predicted molar refractivity (Wildman–Crippen MR) is 95.0 cm³/mol. The van der Waals surface area contributed by atoms with E-state index in [1.807, 2.05) is 29.1 Å². The molecule has 2 rings (SSSR count). The highest BCUT2D eigenvalue weighted by Gasteiger charge is 2.24. The Morgan fingerprint density at radius 3 is 2.62 bits per heavy atom. The van der Waals surface area contributed by atoms with Crippen molar-refractivity contribution in [1.82, 2.24) is 15.1 Å². The lowest BCUT2D eigenvalue weighted by atomic mass is 10.0. The maximum absolute atomic E-state index is 6.18. The van der Waals surface area contributed by atoms with E-state index < -0.39 is 0 Å². The van der Waals surface area contributed by atoms with Gasteiger partial charge in [-0.25, -0.2) is 0 Å². The van der Waals surface area contributed by atoms with Crippen molar-refractivity contribution in [2.45, 2.75) is 32.9 Å². The van der Waals surface area contributed by atoms with E-state index in [0.29, 0.717) is 0 Å². The first-order chi connectivity index (χ1) is 9.95. The largest absolute Gasteiger partial charge is 0.305 e. The van der Waals surface area contributed by atoms with Gasteiger partial charge >= 0.3 is 0 Å². The van der Waals surface area contributed by atoms with Crippen LogP contribution in [0.1, 0.15) is 44.1 Å². The molecule has 0 bridgehead atoms. The zero-order valence-electron chi connectivity index (χ0n) is 12.2. The summed E-state index contributed by atoms with van der Waals surface area (Å²) in [5, 5.41) is 8.73. The van der Waals surface area contributed by atoms with E-state index in [2.05, 4.69) is 63.0 Å². The van der Waals surface area contributed by atoms with Crippen LogP contribution in [0.15, 0.2) is 33.3 Å². The molecule has 0 aliphatic rings. The first-order valence-corrected chi connectivity index (χ1v) is 8.83. The van der Waals surface area contributed by atoms with Gasteiger partial charge in [0.15, 0.2) is 0 Å². The molecule has 2 aromatic rings. The molecule has 0 saturated carbocycles. The van der Waals surface area contributed by atoms with Crippen molar-refractivity contribution in [3.8, 4) is 0 Å². The fraction of sp³-hybridized carbons (Fsp3) is 0.400. The van der Waals surface area contributed by atoms with Gasteiger partial charge in [-0.2, -0.15) is 5.10 Å². The second-order valence-electron chi connectivity index (χ2n) is 5.07. The monoisotopic (exact) mass is 433 g/mol. The van der Waals surface area contributed by atoms with Gasteiger partial charge in [0.2, 0.25) is 0 Å². The van der Waals surface area contributed by atoms with Crippen molar-refractivity contribution in [3.05, 3.63) is 49.6 Å². The Labute approximate surface area is 147 Å². The average molecular weight is 436 g/mol. The second kappa shape index (κ2) is 7.27. The van der Waals surface area contributed by atoms with Gasteiger partial charge in [0.05, 0.1) is 22.4 Å². The van der Waals surface area contributed by atoms with Crippen LogP contribution in [0.5, 0.6) is 0 Å². The third-order valence-electron chi connectivity index (χ3n) is 3.23. The number of nitrogens with zero attached hydrogens (tertiary/aromatic N) is 2. The van der Waals surface area contributed by atoms with E-state index in [1.54, 1.807) is 0 Å². The maximum Gasteiger partial charge on any atom is 0.0771 e. The van der Waals surface area contributed by atoms with Crippen molar-refractivity contribution in [1.29, 1.82) is 0 Å². The van der Waals surface area contributed by atoms with Crippen LogP contribution in [-0.4, -0.2) is 16.3 Å². The Morgan fingerprint density at radius 2 is 2.00 bits per heavy atom. The Bertz CT molecular complexity index is 625. The molecule has 0 spiro atoms. The van der Waals surface area contributed by atoms with Crippen LogP contribution in [0.4, 0.5) is 0 Å². The lowest BCUT2D eigenvalue weighted by molar-refractivity contribution is 0.475. The van der Waals surface area contributed by atoms with Crippen molar-refractivity contribution in [2.24, 2.45) is 0 Å². The fourth-order valence-electron chi connectivity index (χ4n) is 2.33. The predicted octanol–water partition coefficient (Wildman–Crippen LogP) is 5.34. The van der Waals surface area contributed by atoms with E-state index in [-0.39, 0.29) is 12.1 Å². The Hall–Kier alpha value is -0.360. The van der Waals surface area contributed by atoms with Crippen molar-refractivity contribution >= 4 is 43.5 Å². The number of nitrogens with one attached hydrogen (secondary N) is 1. The van der Waals surface area contributed by atoms with Gasteiger partial charge in [0.1, 0.15) is 0 Å². The topological polar surface area (TPSA) is 29.9 Å². The molecule has 0 amide bonds. The quantitative estimate of drug-likeness (QED) is 0.687. The number of benzene rings is 1.